The normalized spacial score (nSPS) is 15.5. The lowest BCUT2D eigenvalue weighted by molar-refractivity contribution is 1.08. The van der Waals surface area contributed by atoms with Crippen LogP contribution in [-0.4, -0.2) is 9.66 Å². The van der Waals surface area contributed by atoms with E-state index in [-0.39, 0.29) is 9.66 Å². The van der Waals surface area contributed by atoms with Crippen LogP contribution in [0.2, 0.25) is 0 Å². The minimum Gasteiger partial charge on any atom is -0.104 e. The van der Waals surface area contributed by atoms with E-state index in [9.17, 15) is 0 Å². The summed E-state index contributed by atoms with van der Waals surface area (Å²) >= 11 is 13.8. The molecule has 0 unspecified atom stereocenters. The van der Waals surface area contributed by atoms with Gasteiger partial charge in [-0.25, -0.2) is 0 Å². The smallest absolute Gasteiger partial charge is 0.104 e. The van der Waals surface area contributed by atoms with Crippen molar-refractivity contribution in [3.8, 4) is 0 Å². The Morgan fingerprint density at radius 3 is 1.67 bits per heavy atom. The van der Waals surface area contributed by atoms with Crippen LogP contribution >= 0.6 is 39.1 Å². The highest BCUT2D eigenvalue weighted by Gasteiger charge is 2.03. The van der Waals surface area contributed by atoms with E-state index in [1.54, 1.807) is 0 Å². The Bertz CT molecular complexity index is 29.8. The quantitative estimate of drug-likeness (QED) is 0.560. The van der Waals surface area contributed by atoms with Crippen molar-refractivity contribution in [1.29, 1.82) is 0 Å². The molecule has 0 heterocycles. The number of rotatable bonds is 1. The second kappa shape index (κ2) is 3.11. The first-order valence-corrected chi connectivity index (χ1v) is 3.35. The van der Waals surface area contributed by atoms with Crippen LogP contribution in [0.4, 0.5) is 0 Å². The Kier molecular flexibility index (Phi) is 3.66. The molecule has 0 amide bonds. The lowest BCUT2D eigenvalue weighted by Crippen LogP contribution is -1.99. The van der Waals surface area contributed by atoms with Gasteiger partial charge in [0, 0.05) is 4.83 Å². The van der Waals surface area contributed by atoms with Crippen molar-refractivity contribution in [1.82, 2.24) is 0 Å². The highest BCUT2D eigenvalue weighted by molar-refractivity contribution is 9.09. The zero-order valence-corrected chi connectivity index (χ0v) is 6.39. The molecule has 38 valence electrons. The van der Waals surface area contributed by atoms with E-state index in [0.29, 0.717) is 0 Å². The van der Waals surface area contributed by atoms with Gasteiger partial charge in [-0.3, -0.25) is 0 Å². The predicted molar refractivity (Wildman–Crippen MR) is 33.9 cm³/mol. The van der Waals surface area contributed by atoms with Crippen LogP contribution in [0.15, 0.2) is 0 Å². The maximum Gasteiger partial charge on any atom is 0.120 e. The van der Waals surface area contributed by atoms with Crippen LogP contribution in [0, 0.1) is 0 Å². The van der Waals surface area contributed by atoms with Gasteiger partial charge in [0.15, 0.2) is 0 Å². The van der Waals surface area contributed by atoms with Crippen molar-refractivity contribution in [3.63, 3.8) is 0 Å². The van der Waals surface area contributed by atoms with E-state index >= 15 is 0 Å². The molecule has 0 aliphatic carbocycles. The van der Waals surface area contributed by atoms with Crippen LogP contribution < -0.4 is 0 Å². The zero-order valence-electron chi connectivity index (χ0n) is 3.29. The van der Waals surface area contributed by atoms with E-state index in [2.05, 4.69) is 15.9 Å². The number of halogens is 3. The zero-order chi connectivity index (χ0) is 5.15. The average molecular weight is 192 g/mol. The third-order valence-electron chi connectivity index (χ3n) is 0.347. The van der Waals surface area contributed by atoms with Crippen molar-refractivity contribution >= 4 is 39.1 Å². The van der Waals surface area contributed by atoms with Crippen LogP contribution in [0.1, 0.15) is 6.92 Å². The van der Waals surface area contributed by atoms with Crippen molar-refractivity contribution in [2.24, 2.45) is 0 Å². The van der Waals surface area contributed by atoms with E-state index in [4.69, 9.17) is 23.2 Å². The molecule has 1 atom stereocenters. The first kappa shape index (κ1) is 7.06. The maximum atomic E-state index is 5.33. The van der Waals surface area contributed by atoms with Crippen LogP contribution in [-0.2, 0) is 0 Å². The average Bonchev–Trinajstić information content (AvgIpc) is 1.36. The Hall–Kier alpha value is 1.06. The van der Waals surface area contributed by atoms with Gasteiger partial charge in [-0.05, 0) is 0 Å². The SMILES string of the molecule is C[C@H](Br)C(Cl)Cl. The standard InChI is InChI=1S/C3H5BrCl2/c1-2(4)3(5)6/h2-3H,1H3/t2-/m0/s1. The molecule has 3 heteroatoms. The molecule has 0 aliphatic heterocycles. The molecule has 0 aromatic heterocycles. The highest BCUT2D eigenvalue weighted by atomic mass is 79.9. The van der Waals surface area contributed by atoms with E-state index in [1.165, 1.54) is 0 Å². The Labute approximate surface area is 55.9 Å². The number of alkyl halides is 3. The molecule has 0 nitrogen and oxygen atoms in total. The molecule has 0 bridgehead atoms. The fraction of sp³-hybridized carbons (Fsp3) is 1.00. The molecule has 0 aromatic rings. The lowest BCUT2D eigenvalue weighted by atomic mass is 10.6. The predicted octanol–water partition coefficient (Wildman–Crippen LogP) is 2.57. The van der Waals surface area contributed by atoms with Crippen molar-refractivity contribution in [3.05, 3.63) is 0 Å². The summed E-state index contributed by atoms with van der Waals surface area (Å²) in [6.07, 6.45) is 0. The van der Waals surface area contributed by atoms with Crippen LogP contribution in [0.3, 0.4) is 0 Å². The molecule has 0 aliphatic rings. The summed E-state index contributed by atoms with van der Waals surface area (Å²) in [5, 5.41) is 0. The summed E-state index contributed by atoms with van der Waals surface area (Å²) in [6.45, 7) is 1.89. The summed E-state index contributed by atoms with van der Waals surface area (Å²) in [6, 6.07) is 0. The molecule has 0 N–H and O–H groups in total. The first-order chi connectivity index (χ1) is 2.64. The van der Waals surface area contributed by atoms with E-state index in [1.807, 2.05) is 6.92 Å². The summed E-state index contributed by atoms with van der Waals surface area (Å²) < 4.78 is 0. The molecule has 0 saturated heterocycles. The van der Waals surface area contributed by atoms with Gasteiger partial charge in [-0.1, -0.05) is 22.9 Å². The Morgan fingerprint density at radius 1 is 1.50 bits per heavy atom. The second-order valence-corrected chi connectivity index (χ2v) is 3.62. The molecule has 0 saturated carbocycles. The van der Waals surface area contributed by atoms with Gasteiger partial charge >= 0.3 is 0 Å². The van der Waals surface area contributed by atoms with Gasteiger partial charge < -0.3 is 0 Å². The van der Waals surface area contributed by atoms with Gasteiger partial charge in [0.2, 0.25) is 0 Å². The minimum atomic E-state index is -0.287. The third kappa shape index (κ3) is 3.26. The fourth-order valence-corrected chi connectivity index (χ4v) is 0. The molecule has 6 heavy (non-hydrogen) atoms. The summed E-state index contributed by atoms with van der Waals surface area (Å²) in [4.78, 5) is -0.0918. The first-order valence-electron chi connectivity index (χ1n) is 1.57. The molecule has 0 radical (unpaired) electrons. The van der Waals surface area contributed by atoms with Crippen molar-refractivity contribution in [2.45, 2.75) is 16.6 Å². The molecular weight excluding hydrogens is 187 g/mol. The number of hydrogen-bond acceptors (Lipinski definition) is 0. The topological polar surface area (TPSA) is 0 Å². The van der Waals surface area contributed by atoms with Crippen LogP contribution in [0.5, 0.6) is 0 Å². The molecule has 0 fully saturated rings. The van der Waals surface area contributed by atoms with Gasteiger partial charge in [0.1, 0.15) is 4.84 Å². The van der Waals surface area contributed by atoms with Crippen molar-refractivity contribution in [2.75, 3.05) is 0 Å². The number of hydrogen-bond donors (Lipinski definition) is 0. The summed E-state index contributed by atoms with van der Waals surface area (Å²) in [7, 11) is 0. The molecule has 0 spiro atoms. The van der Waals surface area contributed by atoms with Gasteiger partial charge in [-0.2, -0.15) is 0 Å². The van der Waals surface area contributed by atoms with Gasteiger partial charge in [0.25, 0.3) is 0 Å². The monoisotopic (exact) mass is 190 g/mol. The third-order valence-corrected chi connectivity index (χ3v) is 2.24. The minimum absolute atomic E-state index is 0.195. The summed E-state index contributed by atoms with van der Waals surface area (Å²) in [5.74, 6) is 0. The largest absolute Gasteiger partial charge is 0.120 e. The van der Waals surface area contributed by atoms with E-state index < -0.39 is 0 Å². The molecular formula is C3H5BrCl2. The van der Waals surface area contributed by atoms with Gasteiger partial charge in [0.05, 0.1) is 0 Å². The Balaban J connectivity index is 2.99. The summed E-state index contributed by atoms with van der Waals surface area (Å²) in [5.41, 5.74) is 0. The van der Waals surface area contributed by atoms with Gasteiger partial charge in [-0.15, -0.1) is 23.2 Å². The molecule has 0 aromatic carbocycles. The van der Waals surface area contributed by atoms with Crippen molar-refractivity contribution < 1.29 is 0 Å². The van der Waals surface area contributed by atoms with Crippen LogP contribution in [0.25, 0.3) is 0 Å². The lowest BCUT2D eigenvalue weighted by Gasteiger charge is -1.98. The van der Waals surface area contributed by atoms with E-state index in [0.717, 1.165) is 0 Å². The Morgan fingerprint density at radius 2 is 1.67 bits per heavy atom. The molecule has 0 rings (SSSR count). The fourth-order valence-electron chi connectivity index (χ4n) is 0. The second-order valence-electron chi connectivity index (χ2n) is 1.01. The maximum absolute atomic E-state index is 5.33. The highest BCUT2D eigenvalue weighted by Crippen LogP contribution is 2.13.